The Morgan fingerprint density at radius 2 is 2.20 bits per heavy atom. The van der Waals surface area contributed by atoms with Gasteiger partial charge in [0.15, 0.2) is 5.82 Å². The van der Waals surface area contributed by atoms with Crippen LogP contribution >= 0.6 is 0 Å². The number of halogens is 2. The molecule has 3 aromatic rings. The van der Waals surface area contributed by atoms with Crippen LogP contribution in [0.5, 0.6) is 0 Å². The summed E-state index contributed by atoms with van der Waals surface area (Å²) < 4.78 is 28.1. The van der Waals surface area contributed by atoms with E-state index in [4.69, 9.17) is 5.11 Å². The van der Waals surface area contributed by atoms with E-state index in [-0.39, 0.29) is 18.4 Å². The second kappa shape index (κ2) is 4.25. The molecule has 2 aliphatic carbocycles. The Bertz CT molecular complexity index is 1050. The fourth-order valence-electron chi connectivity index (χ4n) is 4.06. The van der Waals surface area contributed by atoms with E-state index < -0.39 is 23.2 Å². The summed E-state index contributed by atoms with van der Waals surface area (Å²) >= 11 is 0. The molecule has 2 heterocycles. The number of fused-ring (bicyclic) bond motifs is 3. The molecule has 0 aliphatic heterocycles. The maximum absolute atomic E-state index is 14.0. The quantitative estimate of drug-likeness (QED) is 0.666. The fourth-order valence-corrected chi connectivity index (χ4v) is 4.06. The molecule has 6 nitrogen and oxygen atoms in total. The minimum atomic E-state index is -2.64. The van der Waals surface area contributed by atoms with Crippen molar-refractivity contribution in [1.29, 1.82) is 0 Å². The molecule has 0 radical (unpaired) electrons. The van der Waals surface area contributed by atoms with Gasteiger partial charge in [0.25, 0.3) is 5.92 Å². The van der Waals surface area contributed by atoms with Crippen molar-refractivity contribution in [1.82, 2.24) is 20.2 Å². The number of aromatic amines is 2. The molecule has 2 aromatic heterocycles. The van der Waals surface area contributed by atoms with Crippen LogP contribution in [-0.2, 0) is 12.8 Å². The summed E-state index contributed by atoms with van der Waals surface area (Å²) in [5, 5.41) is 16.2. The van der Waals surface area contributed by atoms with Crippen molar-refractivity contribution in [3.8, 4) is 11.5 Å². The monoisotopic (exact) mass is 344 g/mol. The van der Waals surface area contributed by atoms with E-state index in [1.807, 2.05) is 0 Å². The van der Waals surface area contributed by atoms with E-state index in [1.54, 1.807) is 13.0 Å². The molecule has 1 saturated carbocycles. The normalized spacial score (nSPS) is 26.3. The van der Waals surface area contributed by atoms with Crippen molar-refractivity contribution in [2.75, 3.05) is 0 Å². The largest absolute Gasteiger partial charge is 0.478 e. The first kappa shape index (κ1) is 14.6. The Balaban J connectivity index is 1.58. The van der Waals surface area contributed by atoms with Crippen LogP contribution in [0.25, 0.3) is 22.6 Å². The second-order valence-corrected chi connectivity index (χ2v) is 7.13. The molecule has 25 heavy (non-hydrogen) atoms. The first-order valence-corrected chi connectivity index (χ1v) is 7.98. The van der Waals surface area contributed by atoms with Gasteiger partial charge in [0.05, 0.1) is 16.6 Å². The van der Waals surface area contributed by atoms with Gasteiger partial charge in [-0.25, -0.2) is 18.6 Å². The first-order valence-electron chi connectivity index (χ1n) is 7.98. The van der Waals surface area contributed by atoms with Gasteiger partial charge in [-0.05, 0) is 24.6 Å². The van der Waals surface area contributed by atoms with E-state index in [1.165, 1.54) is 12.1 Å². The van der Waals surface area contributed by atoms with Crippen LogP contribution in [0.4, 0.5) is 8.78 Å². The number of hydrogen-bond donors (Lipinski definition) is 3. The molecule has 0 bridgehead atoms. The number of nitrogens with one attached hydrogen (secondary N) is 2. The highest BCUT2D eigenvalue weighted by Crippen LogP contribution is 2.70. The Labute approximate surface area is 140 Å². The van der Waals surface area contributed by atoms with Gasteiger partial charge in [0, 0.05) is 29.0 Å². The van der Waals surface area contributed by atoms with Crippen molar-refractivity contribution in [2.45, 2.75) is 25.7 Å². The van der Waals surface area contributed by atoms with E-state index in [2.05, 4.69) is 20.2 Å². The lowest BCUT2D eigenvalue weighted by Gasteiger charge is -2.15. The molecule has 0 saturated heterocycles. The summed E-state index contributed by atoms with van der Waals surface area (Å²) in [6.07, 6.45) is 0.540. The highest BCUT2D eigenvalue weighted by atomic mass is 19.3. The zero-order valence-electron chi connectivity index (χ0n) is 13.2. The number of aromatic carboxylic acids is 1. The number of carbonyl (C=O) groups is 1. The highest BCUT2D eigenvalue weighted by Gasteiger charge is 2.78. The smallest absolute Gasteiger partial charge is 0.335 e. The highest BCUT2D eigenvalue weighted by molar-refractivity contribution is 5.93. The zero-order chi connectivity index (χ0) is 17.6. The topological polar surface area (TPSA) is 94.7 Å². The third-order valence-electron chi connectivity index (χ3n) is 5.74. The number of carboxylic acid groups (broad SMARTS) is 1. The molecular formula is C17H14F2N4O2. The molecule has 2 aliphatic rings. The molecule has 2 atom stereocenters. The summed E-state index contributed by atoms with van der Waals surface area (Å²) in [7, 11) is 0. The minimum Gasteiger partial charge on any atom is -0.478 e. The number of carboxylic acids is 1. The number of H-pyrrole nitrogens is 2. The summed E-state index contributed by atoms with van der Waals surface area (Å²) in [6.45, 7) is 1.62. The predicted molar refractivity (Wildman–Crippen MR) is 84.6 cm³/mol. The van der Waals surface area contributed by atoms with Crippen LogP contribution in [0.15, 0.2) is 18.2 Å². The summed E-state index contributed by atoms with van der Waals surface area (Å²) in [6, 6.07) is 4.59. The van der Waals surface area contributed by atoms with Crippen LogP contribution in [0.1, 0.15) is 28.5 Å². The van der Waals surface area contributed by atoms with Gasteiger partial charge in [0.2, 0.25) is 0 Å². The van der Waals surface area contributed by atoms with Crippen LogP contribution in [0.2, 0.25) is 0 Å². The van der Waals surface area contributed by atoms with Crippen LogP contribution in [-0.4, -0.2) is 37.2 Å². The molecular weight excluding hydrogens is 330 g/mol. The Morgan fingerprint density at radius 1 is 1.40 bits per heavy atom. The SMILES string of the molecule is C[C@@]12Cc3[nH]nc(-c4nc5ccc(C(=O)O)cc5[nH]4)c3C[C@@H]1C2(F)F. The minimum absolute atomic E-state index is 0.153. The van der Waals surface area contributed by atoms with Crippen molar-refractivity contribution >= 4 is 17.0 Å². The van der Waals surface area contributed by atoms with Gasteiger partial charge in [-0.2, -0.15) is 5.10 Å². The number of hydrogen-bond acceptors (Lipinski definition) is 3. The molecule has 3 N–H and O–H groups in total. The molecule has 0 unspecified atom stereocenters. The van der Waals surface area contributed by atoms with Crippen LogP contribution in [0, 0.1) is 11.3 Å². The Hall–Kier alpha value is -2.77. The van der Waals surface area contributed by atoms with Crippen molar-refractivity contribution < 1.29 is 18.7 Å². The van der Waals surface area contributed by atoms with Gasteiger partial charge in [0.1, 0.15) is 5.69 Å². The maximum atomic E-state index is 14.0. The maximum Gasteiger partial charge on any atom is 0.335 e. The Kier molecular flexibility index (Phi) is 2.47. The van der Waals surface area contributed by atoms with Gasteiger partial charge >= 0.3 is 5.97 Å². The van der Waals surface area contributed by atoms with Gasteiger partial charge in [-0.15, -0.1) is 0 Å². The number of nitrogens with zero attached hydrogens (tertiary/aromatic N) is 2. The standard InChI is InChI=1S/C17H14F2N4O2/c1-16-6-11-8(5-12(16)17(16,18)19)13(23-22-11)14-20-9-3-2-7(15(24)25)4-10(9)21-14/h2-4,12H,5-6H2,1H3,(H,20,21)(H,22,23)(H,24,25)/t12-,16+/m0/s1. The van der Waals surface area contributed by atoms with E-state index in [0.717, 1.165) is 11.3 Å². The second-order valence-electron chi connectivity index (χ2n) is 7.13. The number of imidazole rings is 1. The van der Waals surface area contributed by atoms with Crippen LogP contribution < -0.4 is 0 Å². The summed E-state index contributed by atoms with van der Waals surface area (Å²) in [5.74, 6) is -3.87. The average Bonchev–Trinajstić information content (AvgIpc) is 2.98. The predicted octanol–water partition coefficient (Wildman–Crippen LogP) is 3.02. The van der Waals surface area contributed by atoms with E-state index in [0.29, 0.717) is 22.6 Å². The number of aromatic nitrogens is 4. The molecule has 0 spiro atoms. The number of rotatable bonds is 2. The third-order valence-corrected chi connectivity index (χ3v) is 5.74. The lowest BCUT2D eigenvalue weighted by molar-refractivity contribution is 0.0630. The van der Waals surface area contributed by atoms with Gasteiger partial charge in [-0.3, -0.25) is 5.10 Å². The number of alkyl halides is 2. The van der Waals surface area contributed by atoms with E-state index >= 15 is 0 Å². The molecule has 1 aromatic carbocycles. The molecule has 5 rings (SSSR count). The molecule has 0 amide bonds. The van der Waals surface area contributed by atoms with Crippen molar-refractivity contribution in [3.63, 3.8) is 0 Å². The first-order chi connectivity index (χ1) is 11.8. The Morgan fingerprint density at radius 3 is 2.96 bits per heavy atom. The van der Waals surface area contributed by atoms with Gasteiger partial charge < -0.3 is 10.1 Å². The fraction of sp³-hybridized carbons (Fsp3) is 0.353. The van der Waals surface area contributed by atoms with Crippen molar-refractivity contribution in [3.05, 3.63) is 35.0 Å². The lowest BCUT2D eigenvalue weighted by Crippen LogP contribution is -2.14. The number of benzene rings is 1. The average molecular weight is 344 g/mol. The summed E-state index contributed by atoms with van der Waals surface area (Å²) in [5.41, 5.74) is 2.40. The summed E-state index contributed by atoms with van der Waals surface area (Å²) in [4.78, 5) is 18.6. The molecule has 128 valence electrons. The van der Waals surface area contributed by atoms with Crippen LogP contribution in [0.3, 0.4) is 0 Å². The molecule has 1 fully saturated rings. The lowest BCUT2D eigenvalue weighted by atomic mass is 9.87. The zero-order valence-corrected chi connectivity index (χ0v) is 13.2. The molecule has 8 heteroatoms. The third kappa shape index (κ3) is 1.74. The van der Waals surface area contributed by atoms with Crippen molar-refractivity contribution in [2.24, 2.45) is 11.3 Å². The van der Waals surface area contributed by atoms with E-state index in [9.17, 15) is 13.6 Å². The van der Waals surface area contributed by atoms with Gasteiger partial charge in [-0.1, -0.05) is 6.92 Å².